The predicted octanol–water partition coefficient (Wildman–Crippen LogP) is 1.88. The van der Waals surface area contributed by atoms with Gasteiger partial charge in [0.15, 0.2) is 11.6 Å². The molecule has 1 amide bonds. The van der Waals surface area contributed by atoms with Gasteiger partial charge in [-0.15, -0.1) is 0 Å². The van der Waals surface area contributed by atoms with Crippen LogP contribution in [-0.4, -0.2) is 11.7 Å². The third kappa shape index (κ3) is 3.12. The summed E-state index contributed by atoms with van der Waals surface area (Å²) < 4.78 is 25.7. The van der Waals surface area contributed by atoms with Crippen molar-refractivity contribution in [3.05, 3.63) is 29.8 Å². The fraction of sp³-hybridized carbons (Fsp3) is 0.200. The number of hydrogen-bond acceptors (Lipinski definition) is 2. The Labute approximate surface area is 85.1 Å². The summed E-state index contributed by atoms with van der Waals surface area (Å²) in [5.74, 6) is -3.18. The zero-order valence-corrected chi connectivity index (χ0v) is 8.01. The Bertz CT molecular complexity index is 404. The maximum absolute atomic E-state index is 13.0. The Morgan fingerprint density at radius 3 is 2.60 bits per heavy atom. The normalized spacial score (nSPS) is 9.80. The van der Waals surface area contributed by atoms with Gasteiger partial charge >= 0.3 is 0 Å². The summed E-state index contributed by atoms with van der Waals surface area (Å²) in [6.45, 7) is 1.24. The average molecular weight is 213 g/mol. The summed E-state index contributed by atoms with van der Waals surface area (Å²) in [5, 5.41) is 2.11. The van der Waals surface area contributed by atoms with Crippen LogP contribution in [0, 0.1) is 11.6 Å². The number of Topliss-reactive ketones (excluding diaryl/α,β-unsaturated/α-hetero) is 1. The van der Waals surface area contributed by atoms with Crippen molar-refractivity contribution in [2.45, 2.75) is 13.3 Å². The number of carbonyl (C=O) groups is 2. The van der Waals surface area contributed by atoms with Crippen LogP contribution < -0.4 is 5.32 Å². The first-order chi connectivity index (χ1) is 7.00. The Morgan fingerprint density at radius 2 is 2.00 bits per heavy atom. The van der Waals surface area contributed by atoms with E-state index in [1.165, 1.54) is 19.1 Å². The fourth-order valence-corrected chi connectivity index (χ4v) is 1.02. The van der Waals surface area contributed by atoms with Gasteiger partial charge in [-0.25, -0.2) is 8.78 Å². The van der Waals surface area contributed by atoms with E-state index in [1.54, 1.807) is 0 Å². The third-order valence-electron chi connectivity index (χ3n) is 1.64. The molecule has 0 unspecified atom stereocenters. The molecule has 1 aromatic rings. The highest BCUT2D eigenvalue weighted by Gasteiger charge is 2.11. The molecule has 0 heterocycles. The molecule has 0 radical (unpaired) electrons. The summed E-state index contributed by atoms with van der Waals surface area (Å²) in [4.78, 5) is 21.6. The summed E-state index contributed by atoms with van der Waals surface area (Å²) in [6.07, 6.45) is -0.351. The lowest BCUT2D eigenvalue weighted by molar-refractivity contribution is -0.124. The standard InChI is InChI=1S/C10H9F2NO2/c1-6(14)5-9(15)13-8-4-2-3-7(11)10(8)12/h2-4H,5H2,1H3,(H,13,15). The van der Waals surface area contributed by atoms with Crippen molar-refractivity contribution in [2.24, 2.45) is 0 Å². The summed E-state index contributed by atoms with van der Waals surface area (Å²) in [6, 6.07) is 3.42. The maximum atomic E-state index is 13.0. The molecule has 0 bridgehead atoms. The number of rotatable bonds is 3. The van der Waals surface area contributed by atoms with E-state index < -0.39 is 17.5 Å². The number of halogens is 2. The van der Waals surface area contributed by atoms with Crippen LogP contribution in [0.5, 0.6) is 0 Å². The fourth-order valence-electron chi connectivity index (χ4n) is 1.02. The van der Waals surface area contributed by atoms with Crippen LogP contribution in [0.4, 0.5) is 14.5 Å². The molecule has 1 N–H and O–H groups in total. The van der Waals surface area contributed by atoms with Crippen molar-refractivity contribution in [2.75, 3.05) is 5.32 Å². The second-order valence-corrected chi connectivity index (χ2v) is 3.03. The van der Waals surface area contributed by atoms with E-state index in [4.69, 9.17) is 0 Å². The van der Waals surface area contributed by atoms with E-state index in [2.05, 4.69) is 5.32 Å². The molecular weight excluding hydrogens is 204 g/mol. The highest BCUT2D eigenvalue weighted by Crippen LogP contribution is 2.16. The molecule has 0 aromatic heterocycles. The van der Waals surface area contributed by atoms with Gasteiger partial charge in [-0.2, -0.15) is 0 Å². The van der Waals surface area contributed by atoms with Crippen LogP contribution in [0.1, 0.15) is 13.3 Å². The van der Waals surface area contributed by atoms with Gasteiger partial charge in [0, 0.05) is 0 Å². The smallest absolute Gasteiger partial charge is 0.231 e. The van der Waals surface area contributed by atoms with Gasteiger partial charge in [-0.05, 0) is 19.1 Å². The second-order valence-electron chi connectivity index (χ2n) is 3.03. The molecule has 0 aliphatic rings. The minimum absolute atomic E-state index is 0.263. The lowest BCUT2D eigenvalue weighted by atomic mass is 10.2. The van der Waals surface area contributed by atoms with E-state index >= 15 is 0 Å². The van der Waals surface area contributed by atoms with Gasteiger partial charge in [0.1, 0.15) is 5.78 Å². The SMILES string of the molecule is CC(=O)CC(=O)Nc1cccc(F)c1F. The number of nitrogens with one attached hydrogen (secondary N) is 1. The number of ketones is 1. The van der Waals surface area contributed by atoms with Crippen molar-refractivity contribution < 1.29 is 18.4 Å². The average Bonchev–Trinajstić information content (AvgIpc) is 2.11. The zero-order valence-electron chi connectivity index (χ0n) is 8.01. The van der Waals surface area contributed by atoms with Gasteiger partial charge < -0.3 is 5.32 Å². The van der Waals surface area contributed by atoms with E-state index in [1.807, 2.05) is 0 Å². The lowest BCUT2D eigenvalue weighted by Gasteiger charge is -2.05. The van der Waals surface area contributed by atoms with Gasteiger partial charge in [0.25, 0.3) is 0 Å². The Hall–Kier alpha value is -1.78. The summed E-state index contributed by atoms with van der Waals surface area (Å²) >= 11 is 0. The molecule has 3 nitrogen and oxygen atoms in total. The molecule has 1 aromatic carbocycles. The number of amides is 1. The monoisotopic (exact) mass is 213 g/mol. The Balaban J connectivity index is 2.77. The predicted molar refractivity (Wildman–Crippen MR) is 50.3 cm³/mol. The van der Waals surface area contributed by atoms with Crippen molar-refractivity contribution >= 4 is 17.4 Å². The number of carbonyl (C=O) groups excluding carboxylic acids is 2. The number of hydrogen-bond donors (Lipinski definition) is 1. The first-order valence-electron chi connectivity index (χ1n) is 4.24. The van der Waals surface area contributed by atoms with Crippen LogP contribution in [0.3, 0.4) is 0 Å². The van der Waals surface area contributed by atoms with Crippen LogP contribution in [0.2, 0.25) is 0 Å². The quantitative estimate of drug-likeness (QED) is 0.779. The molecule has 1 rings (SSSR count). The lowest BCUT2D eigenvalue weighted by Crippen LogP contribution is -2.15. The molecule has 0 saturated carbocycles. The van der Waals surface area contributed by atoms with Crippen LogP contribution in [0.25, 0.3) is 0 Å². The highest BCUT2D eigenvalue weighted by molar-refractivity contribution is 6.03. The van der Waals surface area contributed by atoms with Crippen LogP contribution >= 0.6 is 0 Å². The molecule has 5 heteroatoms. The first kappa shape index (κ1) is 11.3. The van der Waals surface area contributed by atoms with Crippen molar-refractivity contribution in [1.82, 2.24) is 0 Å². The van der Waals surface area contributed by atoms with Gasteiger partial charge in [-0.1, -0.05) is 6.07 Å². The topological polar surface area (TPSA) is 46.2 Å². The molecule has 0 atom stereocenters. The van der Waals surface area contributed by atoms with E-state index in [0.717, 1.165) is 6.07 Å². The van der Waals surface area contributed by atoms with Crippen LogP contribution in [0.15, 0.2) is 18.2 Å². The van der Waals surface area contributed by atoms with Gasteiger partial charge in [0.2, 0.25) is 5.91 Å². The third-order valence-corrected chi connectivity index (χ3v) is 1.64. The molecule has 0 aliphatic carbocycles. The minimum atomic E-state index is -1.13. The molecular formula is C10H9F2NO2. The second kappa shape index (κ2) is 4.63. The minimum Gasteiger partial charge on any atom is -0.323 e. The zero-order chi connectivity index (χ0) is 11.4. The molecule has 15 heavy (non-hydrogen) atoms. The Kier molecular flexibility index (Phi) is 3.49. The van der Waals surface area contributed by atoms with Crippen molar-refractivity contribution in [3.63, 3.8) is 0 Å². The van der Waals surface area contributed by atoms with E-state index in [9.17, 15) is 18.4 Å². The van der Waals surface area contributed by atoms with Crippen molar-refractivity contribution in [1.29, 1.82) is 0 Å². The molecule has 0 aliphatic heterocycles. The molecule has 80 valence electrons. The highest BCUT2D eigenvalue weighted by atomic mass is 19.2. The van der Waals surface area contributed by atoms with E-state index in [0.29, 0.717) is 0 Å². The van der Waals surface area contributed by atoms with Gasteiger partial charge in [-0.3, -0.25) is 9.59 Å². The summed E-state index contributed by atoms with van der Waals surface area (Å²) in [7, 11) is 0. The molecule has 0 fully saturated rings. The molecule has 0 spiro atoms. The largest absolute Gasteiger partial charge is 0.323 e. The summed E-state index contributed by atoms with van der Waals surface area (Å²) in [5.41, 5.74) is -0.263. The maximum Gasteiger partial charge on any atom is 0.231 e. The first-order valence-corrected chi connectivity index (χ1v) is 4.24. The van der Waals surface area contributed by atoms with Crippen molar-refractivity contribution in [3.8, 4) is 0 Å². The van der Waals surface area contributed by atoms with E-state index in [-0.39, 0.29) is 17.9 Å². The Morgan fingerprint density at radius 1 is 1.33 bits per heavy atom. The van der Waals surface area contributed by atoms with Crippen LogP contribution in [-0.2, 0) is 9.59 Å². The molecule has 0 saturated heterocycles. The van der Waals surface area contributed by atoms with Gasteiger partial charge in [0.05, 0.1) is 12.1 Å². The number of benzene rings is 1. The number of anilines is 1.